The molecule has 0 aliphatic carbocycles. The average Bonchev–Trinajstić information content (AvgIpc) is 2.95. The molecule has 2 aromatic heterocycles. The molecule has 0 fully saturated rings. The quantitative estimate of drug-likeness (QED) is 0.774. The summed E-state index contributed by atoms with van der Waals surface area (Å²) < 4.78 is 15.2. The van der Waals surface area contributed by atoms with E-state index in [-0.39, 0.29) is 5.82 Å². The van der Waals surface area contributed by atoms with Gasteiger partial charge in [-0.2, -0.15) is 0 Å². The highest BCUT2D eigenvalue weighted by Crippen LogP contribution is 2.37. The molecule has 0 saturated heterocycles. The van der Waals surface area contributed by atoms with Crippen molar-refractivity contribution in [3.8, 4) is 11.3 Å². The molecule has 23 heavy (non-hydrogen) atoms. The normalized spacial score (nSPS) is 13.1. The number of aromatic nitrogens is 3. The predicted molar refractivity (Wildman–Crippen MR) is 88.7 cm³/mol. The third kappa shape index (κ3) is 2.75. The van der Waals surface area contributed by atoms with Gasteiger partial charge in [0.05, 0.1) is 0 Å². The Hall–Kier alpha value is -2.54. The number of hydrogen-bond acceptors (Lipinski definition) is 5. The van der Waals surface area contributed by atoms with Crippen LogP contribution in [0.1, 0.15) is 0 Å². The van der Waals surface area contributed by atoms with Gasteiger partial charge >= 0.3 is 0 Å². The van der Waals surface area contributed by atoms with Crippen molar-refractivity contribution < 1.29 is 4.39 Å². The van der Waals surface area contributed by atoms with Crippen LogP contribution in [0.5, 0.6) is 0 Å². The maximum absolute atomic E-state index is 13.2. The van der Waals surface area contributed by atoms with Crippen LogP contribution < -0.4 is 10.7 Å². The van der Waals surface area contributed by atoms with Crippen molar-refractivity contribution in [2.45, 2.75) is 9.92 Å². The average molecular weight is 327 g/mol. The summed E-state index contributed by atoms with van der Waals surface area (Å²) in [6.45, 7) is 1.63. The first kappa shape index (κ1) is 14.1. The molecule has 0 saturated carbocycles. The van der Waals surface area contributed by atoms with Crippen LogP contribution in [0.15, 0.2) is 58.7 Å². The molecule has 116 valence electrons. The number of anilines is 1. The monoisotopic (exact) mass is 327 g/mol. The van der Waals surface area contributed by atoms with Gasteiger partial charge in [0.2, 0.25) is 5.95 Å². The number of pyridine rings is 1. The number of halogens is 1. The topological polar surface area (TPSA) is 54.8 Å². The van der Waals surface area contributed by atoms with Crippen molar-refractivity contribution in [3.05, 3.63) is 54.6 Å². The molecular formula is C16H14FN5S. The zero-order chi connectivity index (χ0) is 15.6. The molecule has 0 radical (unpaired) electrons. The van der Waals surface area contributed by atoms with Gasteiger partial charge in [-0.1, -0.05) is 11.8 Å². The van der Waals surface area contributed by atoms with Gasteiger partial charge in [0.25, 0.3) is 0 Å². The van der Waals surface area contributed by atoms with E-state index in [1.807, 2.05) is 16.8 Å². The van der Waals surface area contributed by atoms with Gasteiger partial charge in [0, 0.05) is 35.9 Å². The van der Waals surface area contributed by atoms with Gasteiger partial charge < -0.3 is 10.7 Å². The first-order chi connectivity index (χ1) is 11.3. The maximum Gasteiger partial charge on any atom is 0.223 e. The van der Waals surface area contributed by atoms with Gasteiger partial charge in [-0.15, -0.1) is 0 Å². The largest absolute Gasteiger partial charge is 0.352 e. The second kappa shape index (κ2) is 5.92. The third-order valence-corrected chi connectivity index (χ3v) is 4.57. The van der Waals surface area contributed by atoms with Crippen LogP contribution in [0.3, 0.4) is 0 Å². The molecule has 0 unspecified atom stereocenters. The van der Waals surface area contributed by atoms with E-state index < -0.39 is 0 Å². The Bertz CT molecular complexity index is 816. The third-order valence-electron chi connectivity index (χ3n) is 3.50. The molecule has 1 aliphatic rings. The highest BCUT2D eigenvalue weighted by atomic mass is 32.2. The van der Waals surface area contributed by atoms with Crippen LogP contribution in [0.25, 0.3) is 11.3 Å². The van der Waals surface area contributed by atoms with Gasteiger partial charge in [-0.25, -0.2) is 14.1 Å². The summed E-state index contributed by atoms with van der Waals surface area (Å²) in [5.41, 5.74) is 5.04. The highest BCUT2D eigenvalue weighted by molar-refractivity contribution is 7.99. The van der Waals surface area contributed by atoms with E-state index in [9.17, 15) is 4.39 Å². The van der Waals surface area contributed by atoms with Crippen LogP contribution in [0.2, 0.25) is 0 Å². The minimum absolute atomic E-state index is 0.252. The molecule has 1 aromatic carbocycles. The van der Waals surface area contributed by atoms with Gasteiger partial charge in [0.1, 0.15) is 16.5 Å². The Kier molecular flexibility index (Phi) is 3.63. The summed E-state index contributed by atoms with van der Waals surface area (Å²) >= 11 is 1.60. The summed E-state index contributed by atoms with van der Waals surface area (Å²) in [5.74, 6) is 0.518. The van der Waals surface area contributed by atoms with E-state index in [1.165, 1.54) is 12.1 Å². The van der Waals surface area contributed by atoms with Crippen molar-refractivity contribution >= 4 is 17.7 Å². The van der Waals surface area contributed by atoms with Gasteiger partial charge in [-0.3, -0.25) is 4.98 Å². The van der Waals surface area contributed by atoms with Crippen molar-refractivity contribution in [1.82, 2.24) is 14.6 Å². The lowest BCUT2D eigenvalue weighted by atomic mass is 10.2. The fourth-order valence-corrected chi connectivity index (χ4v) is 3.40. The molecule has 1 aliphatic heterocycles. The summed E-state index contributed by atoms with van der Waals surface area (Å²) in [5, 5.41) is 4.24. The molecule has 0 atom stereocenters. The molecule has 0 spiro atoms. The number of nitrogens with zero attached hydrogens (tertiary/aromatic N) is 3. The lowest BCUT2D eigenvalue weighted by Crippen LogP contribution is -2.30. The number of nitrogens with one attached hydrogen (secondary N) is 2. The van der Waals surface area contributed by atoms with Crippen LogP contribution >= 0.6 is 11.8 Å². The minimum Gasteiger partial charge on any atom is -0.352 e. The Balaban J connectivity index is 1.81. The second-order valence-corrected chi connectivity index (χ2v) is 6.11. The Labute approximate surface area is 136 Å². The number of rotatable bonds is 3. The fourth-order valence-electron chi connectivity index (χ4n) is 2.42. The smallest absolute Gasteiger partial charge is 0.223 e. The summed E-state index contributed by atoms with van der Waals surface area (Å²) in [6.07, 6.45) is 3.53. The zero-order valence-corrected chi connectivity index (χ0v) is 13.0. The number of hydrogen-bond donors (Lipinski definition) is 2. The van der Waals surface area contributed by atoms with Crippen molar-refractivity contribution in [1.29, 1.82) is 0 Å². The Morgan fingerprint density at radius 1 is 1.04 bits per heavy atom. The van der Waals surface area contributed by atoms with Crippen LogP contribution in [-0.2, 0) is 0 Å². The maximum atomic E-state index is 13.2. The first-order valence-corrected chi connectivity index (χ1v) is 8.07. The highest BCUT2D eigenvalue weighted by Gasteiger charge is 2.21. The van der Waals surface area contributed by atoms with Crippen LogP contribution in [-0.4, -0.2) is 27.7 Å². The molecule has 2 N–H and O–H groups in total. The summed E-state index contributed by atoms with van der Waals surface area (Å²) in [6, 6.07) is 10.3. The second-order valence-electron chi connectivity index (χ2n) is 5.05. The van der Waals surface area contributed by atoms with Crippen molar-refractivity contribution in [3.63, 3.8) is 0 Å². The van der Waals surface area contributed by atoms with E-state index >= 15 is 0 Å². The van der Waals surface area contributed by atoms with Gasteiger partial charge in [-0.05, 0) is 36.4 Å². The lowest BCUT2D eigenvalue weighted by Gasteiger charge is -2.19. The molecule has 4 rings (SSSR count). The van der Waals surface area contributed by atoms with E-state index in [0.717, 1.165) is 40.2 Å². The first-order valence-electron chi connectivity index (χ1n) is 7.25. The minimum atomic E-state index is -0.252. The molecule has 0 amide bonds. The van der Waals surface area contributed by atoms with Crippen molar-refractivity contribution in [2.24, 2.45) is 0 Å². The summed E-state index contributed by atoms with van der Waals surface area (Å²) in [4.78, 5) is 9.79. The standard InChI is InChI=1S/C16H14FN5S/c17-12-3-1-11(2-4-12)14-15(23-13-5-7-18-8-6-13)22-16(21-14)19-9-10-20-22/h1-8,20H,9-10H2,(H,19,21). The molecule has 3 heterocycles. The Morgan fingerprint density at radius 2 is 1.83 bits per heavy atom. The van der Waals surface area contributed by atoms with E-state index in [0.29, 0.717) is 0 Å². The molecule has 0 bridgehead atoms. The van der Waals surface area contributed by atoms with E-state index in [4.69, 9.17) is 0 Å². The molecule has 7 heteroatoms. The molecule has 3 aromatic rings. The van der Waals surface area contributed by atoms with Crippen LogP contribution in [0.4, 0.5) is 10.3 Å². The van der Waals surface area contributed by atoms with Gasteiger partial charge in [0.15, 0.2) is 0 Å². The fraction of sp³-hybridized carbons (Fsp3) is 0.125. The van der Waals surface area contributed by atoms with E-state index in [2.05, 4.69) is 20.7 Å². The molecular weight excluding hydrogens is 313 g/mol. The molecule has 5 nitrogen and oxygen atoms in total. The number of imidazole rings is 1. The number of fused-ring (bicyclic) bond motifs is 1. The van der Waals surface area contributed by atoms with Crippen LogP contribution in [0, 0.1) is 5.82 Å². The van der Waals surface area contributed by atoms with E-state index in [1.54, 1.807) is 36.3 Å². The summed E-state index contributed by atoms with van der Waals surface area (Å²) in [7, 11) is 0. The zero-order valence-electron chi connectivity index (χ0n) is 12.2. The number of benzene rings is 1. The SMILES string of the molecule is Fc1ccc(-c2nc3n(c2Sc2ccncc2)NCCN3)cc1. The van der Waals surface area contributed by atoms with Crippen molar-refractivity contribution in [2.75, 3.05) is 23.8 Å². The Morgan fingerprint density at radius 3 is 2.61 bits per heavy atom. The predicted octanol–water partition coefficient (Wildman–Crippen LogP) is 3.20. The lowest BCUT2D eigenvalue weighted by molar-refractivity contribution is 0.628.